The van der Waals surface area contributed by atoms with E-state index in [0.29, 0.717) is 39.3 Å². The van der Waals surface area contributed by atoms with Gasteiger partial charge in [0, 0.05) is 32.7 Å². The number of ether oxygens (including phenoxy) is 1. The molecular formula is C22H35N3O3. The summed E-state index contributed by atoms with van der Waals surface area (Å²) in [6.45, 7) is 10.7. The molecule has 0 saturated carbocycles. The minimum Gasteiger partial charge on any atom is -0.365 e. The number of carbonyl (C=O) groups excluding carboxylic acids is 2. The molecule has 0 spiro atoms. The van der Waals surface area contributed by atoms with Gasteiger partial charge in [0.05, 0.1) is 12.6 Å². The van der Waals surface area contributed by atoms with Gasteiger partial charge < -0.3 is 14.5 Å². The van der Waals surface area contributed by atoms with E-state index in [4.69, 9.17) is 4.74 Å². The van der Waals surface area contributed by atoms with Crippen molar-refractivity contribution in [2.75, 3.05) is 52.4 Å². The lowest BCUT2D eigenvalue weighted by Gasteiger charge is -2.26. The smallest absolute Gasteiger partial charge is 0.248 e. The summed E-state index contributed by atoms with van der Waals surface area (Å²) in [5, 5.41) is 0. The highest BCUT2D eigenvalue weighted by molar-refractivity contribution is 5.79. The summed E-state index contributed by atoms with van der Waals surface area (Å²) >= 11 is 0. The molecule has 0 N–H and O–H groups in total. The fourth-order valence-electron chi connectivity index (χ4n) is 3.62. The molecule has 0 aromatic heterocycles. The molecule has 2 amide bonds. The zero-order valence-electron chi connectivity index (χ0n) is 17.6. The molecule has 1 aliphatic rings. The first-order valence-electron chi connectivity index (χ1n) is 10.5. The van der Waals surface area contributed by atoms with Crippen LogP contribution in [0.4, 0.5) is 0 Å². The van der Waals surface area contributed by atoms with Crippen LogP contribution in [0.3, 0.4) is 0 Å². The van der Waals surface area contributed by atoms with Crippen molar-refractivity contribution in [2.45, 2.75) is 39.7 Å². The van der Waals surface area contributed by atoms with Crippen LogP contribution in [-0.4, -0.2) is 85.0 Å². The van der Waals surface area contributed by atoms with E-state index in [9.17, 15) is 9.59 Å². The Kier molecular flexibility index (Phi) is 9.44. The molecule has 1 heterocycles. The summed E-state index contributed by atoms with van der Waals surface area (Å²) in [5.74, 6) is 0.156. The first-order valence-corrected chi connectivity index (χ1v) is 10.5. The highest BCUT2D eigenvalue weighted by Gasteiger charge is 2.28. The molecule has 6 heteroatoms. The second-order valence-electron chi connectivity index (χ2n) is 7.31. The van der Waals surface area contributed by atoms with Crippen molar-refractivity contribution < 1.29 is 14.3 Å². The second kappa shape index (κ2) is 11.8. The number of carbonyl (C=O) groups is 2. The molecular weight excluding hydrogens is 354 g/mol. The molecule has 1 aromatic rings. The zero-order chi connectivity index (χ0) is 20.4. The Morgan fingerprint density at radius 2 is 1.82 bits per heavy atom. The van der Waals surface area contributed by atoms with E-state index in [-0.39, 0.29) is 24.5 Å². The molecule has 6 nitrogen and oxygen atoms in total. The van der Waals surface area contributed by atoms with Crippen LogP contribution in [0, 0.1) is 0 Å². The number of benzene rings is 1. The molecule has 28 heavy (non-hydrogen) atoms. The molecule has 0 bridgehead atoms. The summed E-state index contributed by atoms with van der Waals surface area (Å²) in [7, 11) is 0. The van der Waals surface area contributed by atoms with Crippen molar-refractivity contribution in [1.82, 2.24) is 14.7 Å². The number of hydrogen-bond acceptors (Lipinski definition) is 4. The first-order chi connectivity index (χ1) is 13.6. The van der Waals surface area contributed by atoms with E-state index in [2.05, 4.69) is 24.0 Å². The summed E-state index contributed by atoms with van der Waals surface area (Å²) in [4.78, 5) is 30.9. The molecule has 2 rings (SSSR count). The SMILES string of the molecule is CCCN1CC(=O)N(CCc2ccccc2)C[C@H](OCC(=O)N(CC)CC)C1. The lowest BCUT2D eigenvalue weighted by Crippen LogP contribution is -2.41. The van der Waals surface area contributed by atoms with E-state index < -0.39 is 0 Å². The Hall–Kier alpha value is -1.92. The van der Waals surface area contributed by atoms with Crippen LogP contribution in [0.5, 0.6) is 0 Å². The van der Waals surface area contributed by atoms with Crippen LogP contribution in [0.2, 0.25) is 0 Å². The number of nitrogens with zero attached hydrogens (tertiary/aromatic N) is 3. The molecule has 1 saturated heterocycles. The minimum absolute atomic E-state index is 0.0125. The normalized spacial score (nSPS) is 18.2. The molecule has 0 aliphatic carbocycles. The van der Waals surface area contributed by atoms with E-state index >= 15 is 0 Å². The predicted molar refractivity (Wildman–Crippen MR) is 111 cm³/mol. The van der Waals surface area contributed by atoms with Crippen LogP contribution in [0.15, 0.2) is 30.3 Å². The zero-order valence-corrected chi connectivity index (χ0v) is 17.6. The topological polar surface area (TPSA) is 53.1 Å². The van der Waals surface area contributed by atoms with Gasteiger partial charge in [-0.3, -0.25) is 14.5 Å². The van der Waals surface area contributed by atoms with Gasteiger partial charge in [-0.1, -0.05) is 37.3 Å². The molecule has 1 fully saturated rings. The van der Waals surface area contributed by atoms with Gasteiger partial charge in [-0.15, -0.1) is 0 Å². The average molecular weight is 390 g/mol. The van der Waals surface area contributed by atoms with Gasteiger partial charge in [0.2, 0.25) is 11.8 Å². The maximum absolute atomic E-state index is 12.8. The van der Waals surface area contributed by atoms with Crippen molar-refractivity contribution in [2.24, 2.45) is 0 Å². The molecule has 156 valence electrons. The predicted octanol–water partition coefficient (Wildman–Crippen LogP) is 2.04. The fourth-order valence-corrected chi connectivity index (χ4v) is 3.62. The Labute approximate surface area is 169 Å². The molecule has 0 unspecified atom stereocenters. The quantitative estimate of drug-likeness (QED) is 0.615. The highest BCUT2D eigenvalue weighted by atomic mass is 16.5. The lowest BCUT2D eigenvalue weighted by atomic mass is 10.1. The maximum Gasteiger partial charge on any atom is 0.248 e. The van der Waals surface area contributed by atoms with E-state index in [1.807, 2.05) is 36.9 Å². The second-order valence-corrected chi connectivity index (χ2v) is 7.31. The van der Waals surface area contributed by atoms with Crippen LogP contribution >= 0.6 is 0 Å². The molecule has 1 atom stereocenters. The first kappa shape index (κ1) is 22.4. The van der Waals surface area contributed by atoms with Crippen LogP contribution in [-0.2, 0) is 20.7 Å². The minimum atomic E-state index is -0.145. The van der Waals surface area contributed by atoms with Gasteiger partial charge in [0.1, 0.15) is 6.61 Å². The summed E-state index contributed by atoms with van der Waals surface area (Å²) in [6.07, 6.45) is 1.67. The van der Waals surface area contributed by atoms with Gasteiger partial charge in [-0.05, 0) is 38.8 Å². The van der Waals surface area contributed by atoms with Crippen molar-refractivity contribution in [3.05, 3.63) is 35.9 Å². The van der Waals surface area contributed by atoms with Gasteiger partial charge >= 0.3 is 0 Å². The van der Waals surface area contributed by atoms with E-state index in [1.165, 1.54) is 5.56 Å². The van der Waals surface area contributed by atoms with Gasteiger partial charge in [-0.25, -0.2) is 0 Å². The maximum atomic E-state index is 12.8. The van der Waals surface area contributed by atoms with Crippen molar-refractivity contribution in [3.8, 4) is 0 Å². The Morgan fingerprint density at radius 1 is 1.11 bits per heavy atom. The highest BCUT2D eigenvalue weighted by Crippen LogP contribution is 2.11. The molecule has 0 radical (unpaired) electrons. The largest absolute Gasteiger partial charge is 0.365 e. The van der Waals surface area contributed by atoms with Crippen molar-refractivity contribution >= 4 is 11.8 Å². The Balaban J connectivity index is 1.98. The number of hydrogen-bond donors (Lipinski definition) is 0. The van der Waals surface area contributed by atoms with Gasteiger partial charge in [-0.2, -0.15) is 0 Å². The monoisotopic (exact) mass is 389 g/mol. The third-order valence-electron chi connectivity index (χ3n) is 5.21. The van der Waals surface area contributed by atoms with Gasteiger partial charge in [0.25, 0.3) is 0 Å². The number of amides is 2. The Bertz CT molecular complexity index is 604. The lowest BCUT2D eigenvalue weighted by molar-refractivity contribution is -0.138. The summed E-state index contributed by atoms with van der Waals surface area (Å²) < 4.78 is 5.99. The standard InChI is InChI=1S/C22H35N3O3/c1-4-13-23-15-20(28-18-22(27)24(5-2)6-3)16-25(21(26)17-23)14-12-19-10-8-7-9-11-19/h7-11,20H,4-6,12-18H2,1-3H3/t20-/m1/s1. The van der Waals surface area contributed by atoms with Crippen molar-refractivity contribution in [1.29, 1.82) is 0 Å². The van der Waals surface area contributed by atoms with Crippen LogP contribution < -0.4 is 0 Å². The van der Waals surface area contributed by atoms with E-state index in [1.54, 1.807) is 4.90 Å². The number of rotatable bonds is 10. The summed E-state index contributed by atoms with van der Waals surface area (Å²) in [5.41, 5.74) is 1.22. The third-order valence-corrected chi connectivity index (χ3v) is 5.21. The van der Waals surface area contributed by atoms with Crippen LogP contribution in [0.1, 0.15) is 32.8 Å². The van der Waals surface area contributed by atoms with Crippen molar-refractivity contribution in [3.63, 3.8) is 0 Å². The van der Waals surface area contributed by atoms with Gasteiger partial charge in [0.15, 0.2) is 0 Å². The summed E-state index contributed by atoms with van der Waals surface area (Å²) in [6, 6.07) is 10.2. The fraction of sp³-hybridized carbons (Fsp3) is 0.636. The molecule has 1 aromatic carbocycles. The molecule has 1 aliphatic heterocycles. The number of likely N-dealkylation sites (N-methyl/N-ethyl adjacent to an activating group) is 1. The third kappa shape index (κ3) is 6.91. The average Bonchev–Trinajstić information content (AvgIpc) is 2.85. The van der Waals surface area contributed by atoms with E-state index in [0.717, 1.165) is 19.4 Å². The Morgan fingerprint density at radius 3 is 2.46 bits per heavy atom. The van der Waals surface area contributed by atoms with Crippen LogP contribution in [0.25, 0.3) is 0 Å².